The van der Waals surface area contributed by atoms with Crippen LogP contribution in [-0.4, -0.2) is 34.8 Å². The largest absolute Gasteiger partial charge is 0.451 e. The monoisotopic (exact) mass is 571 g/mol. The van der Waals surface area contributed by atoms with E-state index in [1.54, 1.807) is 0 Å². The molecular formula is C34H25N3O6. The Labute approximate surface area is 246 Å². The van der Waals surface area contributed by atoms with Crippen LogP contribution in [0.4, 0.5) is 17.1 Å². The molecule has 3 aliphatic rings. The predicted octanol–water partition coefficient (Wildman–Crippen LogP) is 5.32. The second-order valence-electron chi connectivity index (χ2n) is 10.7. The Morgan fingerprint density at radius 1 is 0.767 bits per heavy atom. The van der Waals surface area contributed by atoms with E-state index in [2.05, 4.69) is 0 Å². The number of fused-ring (bicyclic) bond motifs is 5. The van der Waals surface area contributed by atoms with E-state index in [0.29, 0.717) is 0 Å². The second kappa shape index (κ2) is 10.4. The van der Waals surface area contributed by atoms with Gasteiger partial charge in [0.25, 0.3) is 5.69 Å². The van der Waals surface area contributed by atoms with E-state index in [0.717, 1.165) is 27.3 Å². The molecule has 0 unspecified atom stereocenters. The molecule has 0 spiro atoms. The maximum atomic E-state index is 14.4. The number of nitrogens with zero attached hydrogens (tertiary/aromatic N) is 3. The summed E-state index contributed by atoms with van der Waals surface area (Å²) < 4.78 is 6.28. The van der Waals surface area contributed by atoms with Crippen LogP contribution in [-0.2, 0) is 19.1 Å². The highest BCUT2D eigenvalue weighted by atomic mass is 16.6. The van der Waals surface area contributed by atoms with Crippen LogP contribution in [0, 0.1) is 22.0 Å². The van der Waals surface area contributed by atoms with Gasteiger partial charge in [0.2, 0.25) is 11.8 Å². The van der Waals surface area contributed by atoms with Gasteiger partial charge in [-0.1, -0.05) is 91.0 Å². The minimum atomic E-state index is -1.09. The summed E-state index contributed by atoms with van der Waals surface area (Å²) in [6.45, 7) is 0. The van der Waals surface area contributed by atoms with Crippen LogP contribution in [0.5, 0.6) is 0 Å². The van der Waals surface area contributed by atoms with Crippen LogP contribution in [0.25, 0.3) is 6.08 Å². The van der Waals surface area contributed by atoms with Gasteiger partial charge in [0, 0.05) is 17.8 Å². The number of amides is 2. The Kier molecular flexibility index (Phi) is 6.35. The lowest BCUT2D eigenvalue weighted by Gasteiger charge is -2.36. The molecule has 0 saturated carbocycles. The Hall–Kier alpha value is -5.57. The molecule has 0 radical (unpaired) electrons. The number of rotatable bonds is 6. The Bertz CT molecular complexity index is 1730. The maximum Gasteiger partial charge on any atom is 0.330 e. The number of ether oxygens (including phenoxy) is 1. The standard InChI is InChI=1S/C34H25N3O6/c38-32-28-27-20-15-21-9-7-8-14-26(21)36(27)30(29(28)33(39)35(32)24-16-18-25(19-17-24)37(41)42)34(40)43-31(22-10-3-1-4-11-22)23-12-5-2-6-13-23/h1-20,27-31H/t27-,28-,29-,30+/m0/s1. The molecule has 3 aliphatic heterocycles. The fraction of sp³-hybridized carbons (Fsp3) is 0.147. The van der Waals surface area contributed by atoms with Crippen molar-refractivity contribution < 1.29 is 24.0 Å². The van der Waals surface area contributed by atoms with Gasteiger partial charge in [-0.05, 0) is 34.9 Å². The molecule has 3 heterocycles. The van der Waals surface area contributed by atoms with Crippen LogP contribution in [0.3, 0.4) is 0 Å². The van der Waals surface area contributed by atoms with Crippen molar-refractivity contribution in [2.75, 3.05) is 9.80 Å². The number of esters is 1. The van der Waals surface area contributed by atoms with Crippen molar-refractivity contribution >= 4 is 40.9 Å². The number of nitro groups is 1. The summed E-state index contributed by atoms with van der Waals surface area (Å²) in [6.07, 6.45) is 3.04. The number of benzene rings is 4. The van der Waals surface area contributed by atoms with Crippen molar-refractivity contribution in [3.8, 4) is 0 Å². The van der Waals surface area contributed by atoms with Crippen molar-refractivity contribution in [1.29, 1.82) is 0 Å². The zero-order valence-electron chi connectivity index (χ0n) is 22.7. The van der Waals surface area contributed by atoms with E-state index in [4.69, 9.17) is 4.74 Å². The summed E-state index contributed by atoms with van der Waals surface area (Å²) in [6, 6.07) is 29.9. The van der Waals surface area contributed by atoms with Crippen molar-refractivity contribution in [3.63, 3.8) is 0 Å². The highest BCUT2D eigenvalue weighted by molar-refractivity contribution is 6.24. The number of nitro benzene ring substituents is 1. The molecule has 0 bridgehead atoms. The summed E-state index contributed by atoms with van der Waals surface area (Å²) in [5, 5.41) is 11.2. The average Bonchev–Trinajstić information content (AvgIpc) is 3.53. The molecule has 0 aromatic heterocycles. The summed E-state index contributed by atoms with van der Waals surface area (Å²) in [5.74, 6) is -3.49. The van der Waals surface area contributed by atoms with E-state index in [9.17, 15) is 24.5 Å². The summed E-state index contributed by atoms with van der Waals surface area (Å²) in [4.78, 5) is 56.0. The number of hydrogen-bond acceptors (Lipinski definition) is 7. The molecule has 43 heavy (non-hydrogen) atoms. The molecular weight excluding hydrogens is 546 g/mol. The van der Waals surface area contributed by atoms with Crippen LogP contribution in [0.2, 0.25) is 0 Å². The molecule has 4 atom stereocenters. The third-order valence-corrected chi connectivity index (χ3v) is 8.41. The van der Waals surface area contributed by atoms with Gasteiger partial charge >= 0.3 is 5.97 Å². The topological polar surface area (TPSA) is 110 Å². The first-order valence-corrected chi connectivity index (χ1v) is 13.9. The highest BCUT2D eigenvalue weighted by Crippen LogP contribution is 2.50. The molecule has 2 amide bonds. The van der Waals surface area contributed by atoms with Crippen molar-refractivity contribution in [2.45, 2.75) is 18.2 Å². The van der Waals surface area contributed by atoms with E-state index >= 15 is 0 Å². The number of hydrogen-bond donors (Lipinski definition) is 0. The smallest absolute Gasteiger partial charge is 0.330 e. The summed E-state index contributed by atoms with van der Waals surface area (Å²) >= 11 is 0. The van der Waals surface area contributed by atoms with E-state index < -0.39 is 52.7 Å². The number of anilines is 2. The third-order valence-electron chi connectivity index (χ3n) is 8.41. The Morgan fingerprint density at radius 2 is 1.35 bits per heavy atom. The lowest BCUT2D eigenvalue weighted by atomic mass is 9.88. The minimum Gasteiger partial charge on any atom is -0.451 e. The van der Waals surface area contributed by atoms with Gasteiger partial charge in [-0.15, -0.1) is 0 Å². The van der Waals surface area contributed by atoms with Crippen LogP contribution in [0.1, 0.15) is 22.8 Å². The average molecular weight is 572 g/mol. The molecule has 7 rings (SSSR count). The number of carbonyl (C=O) groups is 3. The minimum absolute atomic E-state index is 0.157. The lowest BCUT2D eigenvalue weighted by Crippen LogP contribution is -2.49. The molecule has 212 valence electrons. The normalized spacial score (nSPS) is 21.9. The fourth-order valence-corrected chi connectivity index (χ4v) is 6.53. The zero-order valence-corrected chi connectivity index (χ0v) is 22.7. The number of para-hydroxylation sites is 1. The predicted molar refractivity (Wildman–Crippen MR) is 159 cm³/mol. The Balaban J connectivity index is 1.30. The molecule has 9 nitrogen and oxygen atoms in total. The van der Waals surface area contributed by atoms with Gasteiger partial charge in [0.1, 0.15) is 6.04 Å². The molecule has 9 heteroatoms. The number of imide groups is 1. The summed E-state index contributed by atoms with van der Waals surface area (Å²) in [5.41, 5.74) is 3.22. The number of non-ortho nitro benzene ring substituents is 1. The molecule has 2 fully saturated rings. The van der Waals surface area contributed by atoms with Gasteiger partial charge in [0.15, 0.2) is 6.10 Å². The van der Waals surface area contributed by atoms with Gasteiger partial charge in [-0.2, -0.15) is 0 Å². The quantitative estimate of drug-likeness (QED) is 0.133. The van der Waals surface area contributed by atoms with E-state index in [-0.39, 0.29) is 11.4 Å². The molecule has 0 N–H and O–H groups in total. The van der Waals surface area contributed by atoms with Gasteiger partial charge in [-0.3, -0.25) is 19.7 Å². The molecule has 4 aromatic rings. The second-order valence-corrected chi connectivity index (χ2v) is 10.7. The first kappa shape index (κ1) is 26.3. The van der Waals surface area contributed by atoms with E-state index in [1.807, 2.05) is 102 Å². The number of carbonyl (C=O) groups excluding carboxylic acids is 3. The van der Waals surface area contributed by atoms with Crippen LogP contribution >= 0.6 is 0 Å². The van der Waals surface area contributed by atoms with Gasteiger partial charge < -0.3 is 9.64 Å². The summed E-state index contributed by atoms with van der Waals surface area (Å²) in [7, 11) is 0. The first-order chi connectivity index (χ1) is 20.9. The SMILES string of the molecule is O=C(OC(c1ccccc1)c1ccccc1)[C@H]1[C@H]2C(=O)N(c3ccc([N+](=O)[O-])cc3)C(=O)[C@H]2[C@@H]2C=Cc3ccccc3N21. The lowest BCUT2D eigenvalue weighted by molar-refractivity contribution is -0.384. The first-order valence-electron chi connectivity index (χ1n) is 13.9. The molecule has 2 saturated heterocycles. The fourth-order valence-electron chi connectivity index (χ4n) is 6.53. The highest BCUT2D eigenvalue weighted by Gasteiger charge is 2.65. The van der Waals surface area contributed by atoms with Gasteiger partial charge in [0.05, 0.1) is 28.5 Å². The Morgan fingerprint density at radius 3 is 1.98 bits per heavy atom. The third kappa shape index (κ3) is 4.28. The van der Waals surface area contributed by atoms with Crippen molar-refractivity contribution in [3.05, 3.63) is 142 Å². The maximum absolute atomic E-state index is 14.4. The van der Waals surface area contributed by atoms with Crippen LogP contribution in [0.15, 0.2) is 115 Å². The van der Waals surface area contributed by atoms with Crippen molar-refractivity contribution in [1.82, 2.24) is 0 Å². The van der Waals surface area contributed by atoms with Crippen LogP contribution < -0.4 is 9.80 Å². The zero-order chi connectivity index (χ0) is 29.7. The van der Waals surface area contributed by atoms with Gasteiger partial charge in [-0.25, -0.2) is 9.69 Å². The molecule has 0 aliphatic carbocycles. The molecule has 4 aromatic carbocycles. The van der Waals surface area contributed by atoms with Crippen molar-refractivity contribution in [2.24, 2.45) is 11.8 Å². The van der Waals surface area contributed by atoms with E-state index in [1.165, 1.54) is 24.3 Å².